The lowest BCUT2D eigenvalue weighted by molar-refractivity contribution is -0.138. The number of imidazole rings is 1. The average Bonchev–Trinajstić information content (AvgIpc) is 3.60. The van der Waals surface area contributed by atoms with Gasteiger partial charge in [-0.25, -0.2) is 19.3 Å². The van der Waals surface area contributed by atoms with Gasteiger partial charge in [0, 0.05) is 5.92 Å². The van der Waals surface area contributed by atoms with Gasteiger partial charge in [-0.1, -0.05) is 86.6 Å². The van der Waals surface area contributed by atoms with Gasteiger partial charge >= 0.3 is 0 Å². The van der Waals surface area contributed by atoms with Crippen molar-refractivity contribution >= 4 is 23.3 Å². The quantitative estimate of drug-likeness (QED) is 0.171. The van der Waals surface area contributed by atoms with Crippen LogP contribution in [0, 0.1) is 5.92 Å². The lowest BCUT2D eigenvalue weighted by Gasteiger charge is -2.37. The van der Waals surface area contributed by atoms with Gasteiger partial charge in [0.05, 0.1) is 13.4 Å². The van der Waals surface area contributed by atoms with Crippen LogP contribution >= 0.6 is 0 Å². The molecule has 214 valence electrons. The fraction of sp³-hybridized carbons (Fsp3) is 0.273. The minimum Gasteiger partial charge on any atom is -0.497 e. The summed E-state index contributed by atoms with van der Waals surface area (Å²) in [5, 5.41) is 3.73. The number of hydrogen-bond acceptors (Lipinski definition) is 7. The summed E-state index contributed by atoms with van der Waals surface area (Å²) in [4.78, 5) is 25.7. The molecule has 0 saturated carbocycles. The molecule has 0 unspecified atom stereocenters. The number of hydrogen-bond donors (Lipinski definition) is 1. The Bertz CT molecular complexity index is 1640. The maximum absolute atomic E-state index is 15.6. The van der Waals surface area contributed by atoms with Crippen LogP contribution in [0.25, 0.3) is 11.2 Å². The highest BCUT2D eigenvalue weighted by Gasteiger charge is 2.53. The van der Waals surface area contributed by atoms with Crippen molar-refractivity contribution in [2.75, 3.05) is 12.4 Å². The van der Waals surface area contributed by atoms with Crippen LogP contribution < -0.4 is 10.1 Å². The van der Waals surface area contributed by atoms with E-state index in [1.807, 2.05) is 67.6 Å². The minimum atomic E-state index is -1.43. The first-order valence-electron chi connectivity index (χ1n) is 14.0. The molecule has 5 aromatic rings. The molecule has 42 heavy (non-hydrogen) atoms. The molecule has 0 spiro atoms. The number of anilines is 1. The third kappa shape index (κ3) is 4.32. The first kappa shape index (κ1) is 27.5. The molecule has 9 heteroatoms. The molecule has 4 atom stereocenters. The summed E-state index contributed by atoms with van der Waals surface area (Å²) in [6, 6.07) is 28.1. The number of rotatable bonds is 9. The summed E-state index contributed by atoms with van der Waals surface area (Å²) in [7, 11) is 1.64. The number of carbonyl (C=O) groups is 1. The van der Waals surface area contributed by atoms with Gasteiger partial charge in [-0.2, -0.15) is 0 Å². The third-order valence-electron chi connectivity index (χ3n) is 8.49. The molecule has 2 aromatic heterocycles. The Hall–Kier alpha value is -4.63. The minimum absolute atomic E-state index is 0.363. The molecular weight excluding hydrogens is 533 g/mol. The number of carbonyl (C=O) groups excluding carboxylic acids is 1. The van der Waals surface area contributed by atoms with E-state index in [0.29, 0.717) is 29.7 Å². The fourth-order valence-electron chi connectivity index (χ4n) is 5.99. The first-order chi connectivity index (χ1) is 20.5. The highest BCUT2D eigenvalue weighted by atomic mass is 19.1. The van der Waals surface area contributed by atoms with Crippen LogP contribution in [0.4, 0.5) is 10.2 Å². The summed E-state index contributed by atoms with van der Waals surface area (Å²) >= 11 is 0. The van der Waals surface area contributed by atoms with Crippen LogP contribution in [0.15, 0.2) is 97.6 Å². The van der Waals surface area contributed by atoms with Crippen molar-refractivity contribution in [2.24, 2.45) is 5.92 Å². The number of aromatic nitrogens is 4. The van der Waals surface area contributed by atoms with E-state index in [9.17, 15) is 4.79 Å². The monoisotopic (exact) mass is 565 g/mol. The standard InChI is InChI=1S/C33H32FN5O3/c1-4-32(19-40)22(2)27(34)31(42-32)39-21-37-28-29(35-20-36-30(28)39)38-33(23-11-7-5-8-12-23,24-13-9-6-10-14-24)25-15-17-26(41-3)18-16-25/h5-22,27,31H,4H2,1-3H3,(H,35,36,38)/t22-,27+,31+,32-/m0/s1. The normalized spacial score (nSPS) is 22.2. The van der Waals surface area contributed by atoms with Crippen LogP contribution in [0.1, 0.15) is 43.2 Å². The Morgan fingerprint density at radius 1 is 0.976 bits per heavy atom. The van der Waals surface area contributed by atoms with Crippen molar-refractivity contribution in [3.63, 3.8) is 0 Å². The van der Waals surface area contributed by atoms with E-state index in [1.54, 1.807) is 18.6 Å². The maximum Gasteiger partial charge on any atom is 0.169 e. The average molecular weight is 566 g/mol. The zero-order valence-electron chi connectivity index (χ0n) is 23.6. The van der Waals surface area contributed by atoms with Crippen molar-refractivity contribution < 1.29 is 18.7 Å². The Morgan fingerprint density at radius 3 is 2.14 bits per heavy atom. The van der Waals surface area contributed by atoms with Crippen LogP contribution in [-0.2, 0) is 15.1 Å². The number of nitrogens with zero attached hydrogens (tertiary/aromatic N) is 4. The summed E-state index contributed by atoms with van der Waals surface area (Å²) in [6.45, 7) is 3.52. The van der Waals surface area contributed by atoms with E-state index in [-0.39, 0.29) is 0 Å². The van der Waals surface area contributed by atoms with Crippen molar-refractivity contribution in [3.8, 4) is 5.75 Å². The van der Waals surface area contributed by atoms with E-state index in [1.165, 1.54) is 12.7 Å². The van der Waals surface area contributed by atoms with Gasteiger partial charge in [-0.3, -0.25) is 4.57 Å². The molecule has 1 aliphatic heterocycles. The Morgan fingerprint density at radius 2 is 1.60 bits per heavy atom. The molecule has 1 aliphatic rings. The number of methoxy groups -OCH3 is 1. The molecule has 8 nitrogen and oxygen atoms in total. The number of alkyl halides is 1. The number of nitrogens with one attached hydrogen (secondary N) is 1. The van der Waals surface area contributed by atoms with Gasteiger partial charge < -0.3 is 19.6 Å². The highest BCUT2D eigenvalue weighted by Crippen LogP contribution is 2.46. The van der Waals surface area contributed by atoms with E-state index in [0.717, 1.165) is 22.4 Å². The van der Waals surface area contributed by atoms with Gasteiger partial charge in [-0.15, -0.1) is 0 Å². The highest BCUT2D eigenvalue weighted by molar-refractivity contribution is 5.84. The van der Waals surface area contributed by atoms with Crippen LogP contribution in [0.5, 0.6) is 5.75 Å². The van der Waals surface area contributed by atoms with Crippen LogP contribution in [0.3, 0.4) is 0 Å². The van der Waals surface area contributed by atoms with Crippen molar-refractivity contribution in [3.05, 3.63) is 114 Å². The third-order valence-corrected chi connectivity index (χ3v) is 8.49. The summed E-state index contributed by atoms with van der Waals surface area (Å²) in [5.41, 5.74) is 1.64. The second-order valence-corrected chi connectivity index (χ2v) is 10.5. The molecular formula is C33H32FN5O3. The molecule has 1 N–H and O–H groups in total. The lowest BCUT2D eigenvalue weighted by Crippen LogP contribution is -2.38. The topological polar surface area (TPSA) is 91.2 Å². The van der Waals surface area contributed by atoms with Crippen molar-refractivity contribution in [1.82, 2.24) is 19.5 Å². The number of aldehydes is 1. The SMILES string of the molecule is CC[C@@]1(C=O)O[C@@H](n2cnc3c(NC(c4ccccc4)(c4ccccc4)c4ccc(OC)cc4)ncnc32)[C@H](F)[C@@H]1C. The summed E-state index contributed by atoms with van der Waals surface area (Å²) in [5.74, 6) is 0.573. The Labute approximate surface area is 243 Å². The van der Waals surface area contributed by atoms with E-state index in [4.69, 9.17) is 9.47 Å². The van der Waals surface area contributed by atoms with Gasteiger partial charge in [0.25, 0.3) is 0 Å². The first-order valence-corrected chi connectivity index (χ1v) is 14.0. The van der Waals surface area contributed by atoms with Gasteiger partial charge in [-0.05, 0) is 35.2 Å². The zero-order valence-corrected chi connectivity index (χ0v) is 23.6. The second-order valence-electron chi connectivity index (χ2n) is 10.5. The fourth-order valence-corrected chi connectivity index (χ4v) is 5.99. The molecule has 6 rings (SSSR count). The molecule has 0 radical (unpaired) electrons. The van der Waals surface area contributed by atoms with Gasteiger partial charge in [0.15, 0.2) is 35.7 Å². The molecule has 3 heterocycles. The summed E-state index contributed by atoms with van der Waals surface area (Å²) in [6.07, 6.45) is 1.54. The smallest absolute Gasteiger partial charge is 0.169 e. The number of benzene rings is 3. The Balaban J connectivity index is 1.52. The van der Waals surface area contributed by atoms with E-state index < -0.39 is 29.5 Å². The van der Waals surface area contributed by atoms with Crippen molar-refractivity contribution in [2.45, 2.75) is 43.8 Å². The molecule has 1 saturated heterocycles. The lowest BCUT2D eigenvalue weighted by atomic mass is 9.77. The predicted molar refractivity (Wildman–Crippen MR) is 158 cm³/mol. The maximum atomic E-state index is 15.6. The number of fused-ring (bicyclic) bond motifs is 1. The molecule has 0 amide bonds. The molecule has 3 aromatic carbocycles. The van der Waals surface area contributed by atoms with E-state index >= 15 is 4.39 Å². The molecule has 0 bridgehead atoms. The number of ether oxygens (including phenoxy) is 2. The zero-order chi connectivity index (χ0) is 29.3. The van der Waals surface area contributed by atoms with Crippen molar-refractivity contribution in [1.29, 1.82) is 0 Å². The molecule has 0 aliphatic carbocycles. The Kier molecular flexibility index (Phi) is 7.20. The summed E-state index contributed by atoms with van der Waals surface area (Å²) < 4.78 is 28.7. The van der Waals surface area contributed by atoms with Crippen LogP contribution in [0.2, 0.25) is 0 Å². The predicted octanol–water partition coefficient (Wildman–Crippen LogP) is 6.09. The molecule has 1 fully saturated rings. The van der Waals surface area contributed by atoms with Crippen LogP contribution in [-0.4, -0.2) is 44.7 Å². The van der Waals surface area contributed by atoms with E-state index in [2.05, 4.69) is 44.5 Å². The van der Waals surface area contributed by atoms with Gasteiger partial charge in [0.2, 0.25) is 0 Å². The number of halogens is 1. The van der Waals surface area contributed by atoms with Gasteiger partial charge in [0.1, 0.15) is 23.2 Å². The second kappa shape index (κ2) is 11.0. The largest absolute Gasteiger partial charge is 0.497 e.